The highest BCUT2D eigenvalue weighted by atomic mass is 35.5. The molecule has 4 aliphatic rings. The highest BCUT2D eigenvalue weighted by molar-refractivity contribution is 6.32. The smallest absolute Gasteiger partial charge is 0.359 e. The molecule has 5 heteroatoms. The van der Waals surface area contributed by atoms with E-state index in [1.54, 1.807) is 0 Å². The topological polar surface area (TPSA) is 44.1 Å². The van der Waals surface area contributed by atoms with E-state index in [1.807, 2.05) is 35.9 Å². The lowest BCUT2D eigenvalue weighted by atomic mass is 9.67. The molecule has 0 amide bonds. The summed E-state index contributed by atoms with van der Waals surface area (Å²) in [4.78, 5) is 12.7. The zero-order valence-electron chi connectivity index (χ0n) is 15.0. The van der Waals surface area contributed by atoms with Crippen LogP contribution < -0.4 is 0 Å². The van der Waals surface area contributed by atoms with Crippen molar-refractivity contribution in [3.05, 3.63) is 46.2 Å². The van der Waals surface area contributed by atoms with E-state index in [2.05, 4.69) is 0 Å². The van der Waals surface area contributed by atoms with Gasteiger partial charge in [-0.05, 0) is 68.9 Å². The van der Waals surface area contributed by atoms with Gasteiger partial charge >= 0.3 is 5.97 Å². The van der Waals surface area contributed by atoms with E-state index in [4.69, 9.17) is 21.4 Å². The minimum atomic E-state index is -0.296. The molecule has 0 aliphatic heterocycles. The Morgan fingerprint density at radius 3 is 2.54 bits per heavy atom. The number of esters is 1. The number of carbonyl (C=O) groups excluding carboxylic acids is 1. The third-order valence-electron chi connectivity index (χ3n) is 6.44. The van der Waals surface area contributed by atoms with Crippen LogP contribution in [-0.2, 0) is 4.74 Å². The maximum absolute atomic E-state index is 12.7. The predicted octanol–water partition coefficient (Wildman–Crippen LogP) is 5.09. The highest BCUT2D eigenvalue weighted by Crippen LogP contribution is 2.57. The largest absolute Gasteiger partial charge is 0.461 e. The van der Waals surface area contributed by atoms with Crippen molar-refractivity contribution in [1.29, 1.82) is 0 Å². The van der Waals surface area contributed by atoms with E-state index < -0.39 is 0 Å². The molecule has 136 valence electrons. The van der Waals surface area contributed by atoms with Crippen molar-refractivity contribution in [3.63, 3.8) is 0 Å². The van der Waals surface area contributed by atoms with Crippen LogP contribution in [0.3, 0.4) is 0 Å². The van der Waals surface area contributed by atoms with E-state index in [1.165, 1.54) is 37.8 Å². The second kappa shape index (κ2) is 6.12. The summed E-state index contributed by atoms with van der Waals surface area (Å²) in [5, 5.41) is 5.43. The number of hydrogen-bond donors (Lipinski definition) is 0. The Hall–Kier alpha value is -1.81. The minimum absolute atomic E-state index is 0.296. The van der Waals surface area contributed by atoms with Crippen molar-refractivity contribution < 1.29 is 9.53 Å². The first-order valence-electron chi connectivity index (χ1n) is 9.70. The van der Waals surface area contributed by atoms with Crippen molar-refractivity contribution in [2.75, 3.05) is 6.61 Å². The summed E-state index contributed by atoms with van der Waals surface area (Å²) in [6, 6.07) is 7.77. The standard InChI is InChI=1S/C21H23ClN2O2/c1-2-26-21(25)19-18-14-8-12-7-13(9-14)11-15(10-12)20(18)24(23-19)17-6-4-3-5-16(17)22/h3-6,12-15H,2,7-11H2,1H3. The number of hydrogen-bond acceptors (Lipinski definition) is 3. The molecular weight excluding hydrogens is 348 g/mol. The van der Waals surface area contributed by atoms with E-state index >= 15 is 0 Å². The molecule has 4 aliphatic carbocycles. The van der Waals surface area contributed by atoms with Crippen molar-refractivity contribution in [1.82, 2.24) is 9.78 Å². The van der Waals surface area contributed by atoms with Crippen LogP contribution in [0.4, 0.5) is 0 Å². The maximum Gasteiger partial charge on any atom is 0.359 e. The molecule has 4 nitrogen and oxygen atoms in total. The number of ether oxygens (including phenoxy) is 1. The molecule has 1 aromatic heterocycles. The number of nitrogens with zero attached hydrogens (tertiary/aromatic N) is 2. The molecule has 4 bridgehead atoms. The molecule has 26 heavy (non-hydrogen) atoms. The van der Waals surface area contributed by atoms with Gasteiger partial charge in [0.05, 0.1) is 23.0 Å². The summed E-state index contributed by atoms with van der Waals surface area (Å²) in [6.45, 7) is 2.21. The highest BCUT2D eigenvalue weighted by Gasteiger charge is 2.46. The quantitative estimate of drug-likeness (QED) is 0.706. The van der Waals surface area contributed by atoms with Gasteiger partial charge in [0, 0.05) is 11.5 Å². The summed E-state index contributed by atoms with van der Waals surface area (Å²) in [5.41, 5.74) is 3.75. The summed E-state index contributed by atoms with van der Waals surface area (Å²) in [5.74, 6) is 2.15. The molecule has 2 saturated carbocycles. The molecule has 0 spiro atoms. The first kappa shape index (κ1) is 16.4. The third kappa shape index (κ3) is 2.42. The number of rotatable bonds is 3. The van der Waals surface area contributed by atoms with Gasteiger partial charge in [0.1, 0.15) is 0 Å². The lowest BCUT2D eigenvalue weighted by Gasteiger charge is -2.38. The zero-order chi connectivity index (χ0) is 17.8. The van der Waals surface area contributed by atoms with Crippen LogP contribution in [0.2, 0.25) is 5.02 Å². The lowest BCUT2D eigenvalue weighted by molar-refractivity contribution is 0.0515. The maximum atomic E-state index is 12.7. The van der Waals surface area contributed by atoms with Gasteiger partial charge in [-0.1, -0.05) is 23.7 Å². The first-order chi connectivity index (χ1) is 12.7. The van der Waals surface area contributed by atoms with Gasteiger partial charge in [-0.25, -0.2) is 9.48 Å². The Balaban J connectivity index is 1.74. The number of halogens is 1. The summed E-state index contributed by atoms with van der Waals surface area (Å²) in [7, 11) is 0. The molecule has 2 fully saturated rings. The van der Waals surface area contributed by atoms with E-state index in [-0.39, 0.29) is 5.97 Å². The molecule has 0 saturated heterocycles. The lowest BCUT2D eigenvalue weighted by Crippen LogP contribution is -2.27. The van der Waals surface area contributed by atoms with Crippen LogP contribution in [0, 0.1) is 11.8 Å². The van der Waals surface area contributed by atoms with Crippen LogP contribution in [0.5, 0.6) is 0 Å². The molecule has 0 N–H and O–H groups in total. The first-order valence-corrected chi connectivity index (χ1v) is 10.1. The van der Waals surface area contributed by atoms with Crippen molar-refractivity contribution >= 4 is 17.6 Å². The van der Waals surface area contributed by atoms with E-state index in [0.29, 0.717) is 29.2 Å². The van der Waals surface area contributed by atoms with Gasteiger partial charge in [0.15, 0.2) is 5.69 Å². The fourth-order valence-corrected chi connectivity index (χ4v) is 5.92. The summed E-state index contributed by atoms with van der Waals surface area (Å²) >= 11 is 6.50. The van der Waals surface area contributed by atoms with Gasteiger partial charge in [-0.2, -0.15) is 5.10 Å². The Labute approximate surface area is 158 Å². The molecule has 2 atom stereocenters. The second-order valence-corrected chi connectivity index (χ2v) is 8.44. The SMILES string of the molecule is CCOC(=O)c1nn(-c2ccccc2Cl)c2c1C1CC3CC(C1)CC2C3. The van der Waals surface area contributed by atoms with E-state index in [0.717, 1.165) is 23.1 Å². The number of para-hydroxylation sites is 1. The average molecular weight is 371 g/mol. The number of carbonyl (C=O) groups is 1. The summed E-state index contributed by atoms with van der Waals surface area (Å²) < 4.78 is 7.31. The normalized spacial score (nSPS) is 28.7. The molecule has 0 radical (unpaired) electrons. The zero-order valence-corrected chi connectivity index (χ0v) is 15.7. The van der Waals surface area contributed by atoms with Crippen molar-refractivity contribution in [2.24, 2.45) is 11.8 Å². The number of aromatic nitrogens is 2. The molecule has 2 unspecified atom stereocenters. The van der Waals surface area contributed by atoms with E-state index in [9.17, 15) is 4.79 Å². The predicted molar refractivity (Wildman–Crippen MR) is 100 cm³/mol. The molecule has 1 aromatic carbocycles. The fraction of sp³-hybridized carbons (Fsp3) is 0.524. The molecular formula is C21H23ClN2O2. The van der Waals surface area contributed by atoms with Gasteiger partial charge < -0.3 is 4.74 Å². The Kier molecular flexibility index (Phi) is 3.85. The fourth-order valence-electron chi connectivity index (χ4n) is 5.71. The van der Waals surface area contributed by atoms with Crippen LogP contribution in [0.25, 0.3) is 5.69 Å². The van der Waals surface area contributed by atoms with Crippen LogP contribution in [0.1, 0.15) is 72.6 Å². The second-order valence-electron chi connectivity index (χ2n) is 8.04. The van der Waals surface area contributed by atoms with Crippen molar-refractivity contribution in [2.45, 2.75) is 50.9 Å². The Bertz CT molecular complexity index is 861. The van der Waals surface area contributed by atoms with Crippen LogP contribution >= 0.6 is 11.6 Å². The van der Waals surface area contributed by atoms with Gasteiger partial charge in [0.2, 0.25) is 0 Å². The average Bonchev–Trinajstić information content (AvgIpc) is 2.93. The van der Waals surface area contributed by atoms with Crippen molar-refractivity contribution in [3.8, 4) is 5.69 Å². The molecule has 6 rings (SSSR count). The van der Waals surface area contributed by atoms with Crippen LogP contribution in [0.15, 0.2) is 24.3 Å². The monoisotopic (exact) mass is 370 g/mol. The third-order valence-corrected chi connectivity index (χ3v) is 6.76. The van der Waals surface area contributed by atoms with Gasteiger partial charge in [0.25, 0.3) is 0 Å². The minimum Gasteiger partial charge on any atom is -0.461 e. The Morgan fingerprint density at radius 2 is 1.85 bits per heavy atom. The van der Waals surface area contributed by atoms with Gasteiger partial charge in [-0.3, -0.25) is 0 Å². The summed E-state index contributed by atoms with van der Waals surface area (Å²) in [6.07, 6.45) is 6.13. The van der Waals surface area contributed by atoms with Crippen LogP contribution in [-0.4, -0.2) is 22.4 Å². The van der Waals surface area contributed by atoms with Gasteiger partial charge in [-0.15, -0.1) is 0 Å². The molecule has 1 heterocycles. The Morgan fingerprint density at radius 1 is 1.15 bits per heavy atom. The number of benzene rings is 1. The molecule has 2 aromatic rings.